The van der Waals surface area contributed by atoms with Crippen molar-refractivity contribution in [2.45, 2.75) is 44.4 Å². The normalized spacial score (nSPS) is 26.9. The number of nitrogens with zero attached hydrogens (tertiary/aromatic N) is 1. The molecule has 1 heterocycles. The van der Waals surface area contributed by atoms with Gasteiger partial charge in [-0.3, -0.25) is 0 Å². The fourth-order valence-electron chi connectivity index (χ4n) is 2.87. The number of methoxy groups -OCH3 is 1. The molecule has 1 saturated carbocycles. The molecule has 1 aliphatic heterocycles. The van der Waals surface area contributed by atoms with Crippen LogP contribution >= 0.6 is 0 Å². The van der Waals surface area contributed by atoms with E-state index in [0.29, 0.717) is 19.8 Å². The predicted octanol–water partition coefficient (Wildman–Crippen LogP) is 0.473. The van der Waals surface area contributed by atoms with Crippen LogP contribution in [-0.4, -0.2) is 74.8 Å². The molecule has 1 saturated heterocycles. The quantitative estimate of drug-likeness (QED) is 0.611. The first-order chi connectivity index (χ1) is 9.69. The molecule has 2 fully saturated rings. The molecule has 0 aromatic heterocycles. The minimum atomic E-state index is -0.435. The third kappa shape index (κ3) is 5.66. The zero-order valence-corrected chi connectivity index (χ0v) is 12.9. The Balaban J connectivity index is 1.48. The van der Waals surface area contributed by atoms with Gasteiger partial charge in [-0.05, 0) is 45.2 Å². The number of hydrogen-bond donors (Lipinski definition) is 2. The third-order valence-electron chi connectivity index (χ3n) is 4.17. The highest BCUT2D eigenvalue weighted by Crippen LogP contribution is 2.31. The Hall–Kier alpha value is -0.200. The van der Waals surface area contributed by atoms with Gasteiger partial charge in [0, 0.05) is 26.2 Å². The highest BCUT2D eigenvalue weighted by Gasteiger charge is 2.34. The number of rotatable bonds is 10. The molecule has 0 aromatic carbocycles. The number of aliphatic hydroxyl groups excluding tert-OH is 1. The average Bonchev–Trinajstić information content (AvgIpc) is 3.17. The van der Waals surface area contributed by atoms with Crippen molar-refractivity contribution in [1.29, 1.82) is 0 Å². The van der Waals surface area contributed by atoms with Crippen molar-refractivity contribution in [3.63, 3.8) is 0 Å². The Morgan fingerprint density at radius 2 is 2.10 bits per heavy atom. The summed E-state index contributed by atoms with van der Waals surface area (Å²) in [6.45, 7) is 7.00. The highest BCUT2D eigenvalue weighted by molar-refractivity contribution is 4.89. The summed E-state index contributed by atoms with van der Waals surface area (Å²) in [4.78, 5) is 2.62. The topological polar surface area (TPSA) is 54.0 Å². The summed E-state index contributed by atoms with van der Waals surface area (Å²) >= 11 is 0. The molecule has 2 aliphatic rings. The van der Waals surface area contributed by atoms with Gasteiger partial charge in [-0.25, -0.2) is 0 Å². The van der Waals surface area contributed by atoms with E-state index in [1.165, 1.54) is 32.4 Å². The molecule has 20 heavy (non-hydrogen) atoms. The zero-order valence-electron chi connectivity index (χ0n) is 12.9. The van der Waals surface area contributed by atoms with Gasteiger partial charge in [-0.2, -0.15) is 0 Å². The van der Waals surface area contributed by atoms with Gasteiger partial charge in [-0.15, -0.1) is 0 Å². The Bertz CT molecular complexity index is 274. The molecular weight excluding hydrogens is 256 g/mol. The molecule has 5 nitrogen and oxygen atoms in total. The van der Waals surface area contributed by atoms with Crippen LogP contribution in [0.2, 0.25) is 0 Å². The lowest BCUT2D eigenvalue weighted by Gasteiger charge is -2.18. The van der Waals surface area contributed by atoms with Gasteiger partial charge in [0.2, 0.25) is 0 Å². The van der Waals surface area contributed by atoms with Crippen molar-refractivity contribution in [2.75, 3.05) is 46.5 Å². The Labute approximate surface area is 122 Å². The second-order valence-electron chi connectivity index (χ2n) is 6.29. The summed E-state index contributed by atoms with van der Waals surface area (Å²) in [5.74, 6) is 0.746. The predicted molar refractivity (Wildman–Crippen MR) is 78.9 cm³/mol. The van der Waals surface area contributed by atoms with Crippen LogP contribution in [0.3, 0.4) is 0 Å². The van der Waals surface area contributed by atoms with Crippen molar-refractivity contribution in [3.05, 3.63) is 0 Å². The lowest BCUT2D eigenvalue weighted by Crippen LogP contribution is -2.35. The van der Waals surface area contributed by atoms with E-state index in [2.05, 4.69) is 10.2 Å². The second-order valence-corrected chi connectivity index (χ2v) is 6.29. The van der Waals surface area contributed by atoms with Crippen molar-refractivity contribution in [3.8, 4) is 0 Å². The van der Waals surface area contributed by atoms with E-state index in [0.717, 1.165) is 18.5 Å². The lowest BCUT2D eigenvalue weighted by molar-refractivity contribution is -0.0311. The van der Waals surface area contributed by atoms with Crippen molar-refractivity contribution < 1.29 is 14.6 Å². The van der Waals surface area contributed by atoms with Gasteiger partial charge in [0.15, 0.2) is 0 Å². The maximum Gasteiger partial charge on any atom is 0.0897 e. The molecular formula is C15H30N2O3. The summed E-state index contributed by atoms with van der Waals surface area (Å²) in [6, 6.07) is 0.890. The van der Waals surface area contributed by atoms with Gasteiger partial charge < -0.3 is 24.8 Å². The molecule has 3 unspecified atom stereocenters. The molecule has 2 rings (SSSR count). The summed E-state index contributed by atoms with van der Waals surface area (Å²) in [5.41, 5.74) is 0. The second kappa shape index (κ2) is 8.29. The van der Waals surface area contributed by atoms with E-state index in [1.54, 1.807) is 7.11 Å². The summed E-state index contributed by atoms with van der Waals surface area (Å²) in [6.07, 6.45) is 3.69. The first-order valence-corrected chi connectivity index (χ1v) is 7.92. The van der Waals surface area contributed by atoms with Crippen LogP contribution in [0.5, 0.6) is 0 Å². The smallest absolute Gasteiger partial charge is 0.0897 e. The SMILES string of the molecule is COCC(C)OCC(O)CNCC1CCN(C2CC2)C1. The van der Waals surface area contributed by atoms with E-state index >= 15 is 0 Å². The average molecular weight is 286 g/mol. The van der Waals surface area contributed by atoms with Gasteiger partial charge >= 0.3 is 0 Å². The van der Waals surface area contributed by atoms with Crippen LogP contribution in [-0.2, 0) is 9.47 Å². The molecule has 0 bridgehead atoms. The molecule has 2 N–H and O–H groups in total. The number of hydrogen-bond acceptors (Lipinski definition) is 5. The Morgan fingerprint density at radius 1 is 1.30 bits per heavy atom. The Kier molecular flexibility index (Phi) is 6.71. The number of ether oxygens (including phenoxy) is 2. The van der Waals surface area contributed by atoms with Gasteiger partial charge in [0.25, 0.3) is 0 Å². The zero-order chi connectivity index (χ0) is 14.4. The minimum absolute atomic E-state index is 0.0385. The van der Waals surface area contributed by atoms with E-state index < -0.39 is 6.10 Å². The first kappa shape index (κ1) is 16.2. The van der Waals surface area contributed by atoms with Gasteiger partial charge in [-0.1, -0.05) is 0 Å². The van der Waals surface area contributed by atoms with Crippen molar-refractivity contribution in [2.24, 2.45) is 5.92 Å². The number of likely N-dealkylation sites (tertiary alicyclic amines) is 1. The largest absolute Gasteiger partial charge is 0.389 e. The fourth-order valence-corrected chi connectivity index (χ4v) is 2.87. The minimum Gasteiger partial charge on any atom is -0.389 e. The maximum atomic E-state index is 9.85. The van der Waals surface area contributed by atoms with Crippen LogP contribution < -0.4 is 5.32 Å². The molecule has 1 aliphatic carbocycles. The monoisotopic (exact) mass is 286 g/mol. The van der Waals surface area contributed by atoms with E-state index in [1.807, 2.05) is 6.92 Å². The third-order valence-corrected chi connectivity index (χ3v) is 4.17. The molecule has 0 aromatic rings. The van der Waals surface area contributed by atoms with Crippen LogP contribution in [0.15, 0.2) is 0 Å². The Morgan fingerprint density at radius 3 is 2.80 bits per heavy atom. The number of aliphatic hydroxyl groups is 1. The lowest BCUT2D eigenvalue weighted by atomic mass is 10.1. The van der Waals surface area contributed by atoms with Crippen LogP contribution in [0.25, 0.3) is 0 Å². The molecule has 5 heteroatoms. The summed E-state index contributed by atoms with van der Waals surface area (Å²) in [7, 11) is 1.66. The van der Waals surface area contributed by atoms with Crippen LogP contribution in [0, 0.1) is 5.92 Å². The van der Waals surface area contributed by atoms with E-state index in [4.69, 9.17) is 9.47 Å². The standard InChI is InChI=1S/C15H30N2O3/c1-12(10-19-2)20-11-15(18)8-16-7-13-5-6-17(9-13)14-3-4-14/h12-16,18H,3-11H2,1-2H3. The van der Waals surface area contributed by atoms with E-state index in [9.17, 15) is 5.11 Å². The summed E-state index contributed by atoms with van der Waals surface area (Å²) in [5, 5.41) is 13.2. The highest BCUT2D eigenvalue weighted by atomic mass is 16.5. The maximum absolute atomic E-state index is 9.85. The molecule has 118 valence electrons. The van der Waals surface area contributed by atoms with E-state index in [-0.39, 0.29) is 6.10 Å². The fraction of sp³-hybridized carbons (Fsp3) is 1.00. The van der Waals surface area contributed by atoms with Gasteiger partial charge in [0.1, 0.15) is 0 Å². The molecule has 0 spiro atoms. The van der Waals surface area contributed by atoms with Gasteiger partial charge in [0.05, 0.1) is 25.4 Å². The van der Waals surface area contributed by atoms with Crippen molar-refractivity contribution in [1.82, 2.24) is 10.2 Å². The molecule has 3 atom stereocenters. The molecule has 0 radical (unpaired) electrons. The van der Waals surface area contributed by atoms with Crippen LogP contribution in [0.4, 0.5) is 0 Å². The number of nitrogens with one attached hydrogen (secondary N) is 1. The first-order valence-electron chi connectivity index (χ1n) is 7.92. The van der Waals surface area contributed by atoms with Crippen LogP contribution in [0.1, 0.15) is 26.2 Å². The molecule has 0 amide bonds. The summed E-state index contributed by atoms with van der Waals surface area (Å²) < 4.78 is 10.5. The van der Waals surface area contributed by atoms with Crippen molar-refractivity contribution >= 4 is 0 Å².